The van der Waals surface area contributed by atoms with Crippen molar-refractivity contribution in [3.8, 4) is 0 Å². The Morgan fingerprint density at radius 2 is 1.76 bits per heavy atom. The van der Waals surface area contributed by atoms with Gasteiger partial charge in [-0.15, -0.1) is 0 Å². The molecule has 138 valence electrons. The zero-order chi connectivity index (χ0) is 17.9. The van der Waals surface area contributed by atoms with Gasteiger partial charge in [0.1, 0.15) is 11.5 Å². The average molecular weight is 359 g/mol. The number of anilines is 1. The van der Waals surface area contributed by atoms with Crippen LogP contribution in [0.15, 0.2) is 12.4 Å². The van der Waals surface area contributed by atoms with E-state index in [2.05, 4.69) is 9.97 Å². The van der Waals surface area contributed by atoms with Crippen molar-refractivity contribution in [2.45, 2.75) is 6.18 Å². The zero-order valence-corrected chi connectivity index (χ0v) is 13.7. The lowest BCUT2D eigenvalue weighted by Gasteiger charge is -2.35. The standard InChI is InChI=1S/C15H20F3N5O2/c16-15(17,18)11-21-1-3-22(4-2-21)13-10-19-9-12(20-13)14(24)23-5-7-25-8-6-23/h9-10H,1-8,11H2. The largest absolute Gasteiger partial charge is 0.401 e. The lowest BCUT2D eigenvalue weighted by Crippen LogP contribution is -2.49. The van der Waals surface area contributed by atoms with Crippen molar-refractivity contribution in [1.82, 2.24) is 19.8 Å². The van der Waals surface area contributed by atoms with Crippen LogP contribution in [-0.4, -0.2) is 90.9 Å². The summed E-state index contributed by atoms with van der Waals surface area (Å²) in [6.07, 6.45) is -1.23. The third-order valence-electron chi connectivity index (χ3n) is 4.24. The number of morpholine rings is 1. The maximum Gasteiger partial charge on any atom is 0.401 e. The van der Waals surface area contributed by atoms with Crippen LogP contribution in [0.4, 0.5) is 19.0 Å². The van der Waals surface area contributed by atoms with Gasteiger partial charge in [0, 0.05) is 39.3 Å². The van der Waals surface area contributed by atoms with Gasteiger partial charge in [0.25, 0.3) is 5.91 Å². The first-order valence-electron chi connectivity index (χ1n) is 8.15. The van der Waals surface area contributed by atoms with Crippen molar-refractivity contribution in [2.24, 2.45) is 0 Å². The quantitative estimate of drug-likeness (QED) is 0.789. The molecule has 0 saturated carbocycles. The summed E-state index contributed by atoms with van der Waals surface area (Å²) < 4.78 is 42.6. The molecule has 0 atom stereocenters. The Morgan fingerprint density at radius 1 is 1.08 bits per heavy atom. The Morgan fingerprint density at radius 3 is 2.40 bits per heavy atom. The van der Waals surface area contributed by atoms with E-state index >= 15 is 0 Å². The molecule has 0 spiro atoms. The highest BCUT2D eigenvalue weighted by Gasteiger charge is 2.32. The van der Waals surface area contributed by atoms with E-state index in [1.165, 1.54) is 17.3 Å². The minimum absolute atomic E-state index is 0.201. The first-order valence-corrected chi connectivity index (χ1v) is 8.15. The zero-order valence-electron chi connectivity index (χ0n) is 13.7. The number of halogens is 3. The highest BCUT2D eigenvalue weighted by atomic mass is 19.4. The minimum atomic E-state index is -4.19. The minimum Gasteiger partial charge on any atom is -0.378 e. The van der Waals surface area contributed by atoms with Crippen LogP contribution in [0.3, 0.4) is 0 Å². The molecule has 10 heteroatoms. The van der Waals surface area contributed by atoms with E-state index in [4.69, 9.17) is 4.74 Å². The van der Waals surface area contributed by atoms with Crippen LogP contribution in [0.5, 0.6) is 0 Å². The van der Waals surface area contributed by atoms with Crippen LogP contribution >= 0.6 is 0 Å². The van der Waals surface area contributed by atoms with Gasteiger partial charge in [-0.25, -0.2) is 4.98 Å². The molecule has 2 aliphatic rings. The molecular weight excluding hydrogens is 339 g/mol. The van der Waals surface area contributed by atoms with Gasteiger partial charge in [-0.3, -0.25) is 14.7 Å². The Hall–Kier alpha value is -1.94. The van der Waals surface area contributed by atoms with Gasteiger partial charge in [-0.1, -0.05) is 0 Å². The fourth-order valence-corrected chi connectivity index (χ4v) is 2.93. The number of piperazine rings is 1. The fourth-order valence-electron chi connectivity index (χ4n) is 2.93. The second-order valence-electron chi connectivity index (χ2n) is 6.05. The molecule has 0 bridgehead atoms. The Kier molecular flexibility index (Phi) is 5.38. The van der Waals surface area contributed by atoms with Crippen LogP contribution in [0, 0.1) is 0 Å². The first-order chi connectivity index (χ1) is 11.9. The number of rotatable bonds is 3. The Bertz CT molecular complexity index is 599. The number of hydrogen-bond donors (Lipinski definition) is 0. The van der Waals surface area contributed by atoms with Gasteiger partial charge < -0.3 is 14.5 Å². The monoisotopic (exact) mass is 359 g/mol. The van der Waals surface area contributed by atoms with E-state index in [0.29, 0.717) is 58.3 Å². The number of carbonyl (C=O) groups is 1. The smallest absolute Gasteiger partial charge is 0.378 e. The van der Waals surface area contributed by atoms with Crippen molar-refractivity contribution >= 4 is 11.7 Å². The molecule has 1 amide bonds. The van der Waals surface area contributed by atoms with E-state index in [-0.39, 0.29) is 11.6 Å². The number of carbonyl (C=O) groups excluding carboxylic acids is 1. The van der Waals surface area contributed by atoms with E-state index in [9.17, 15) is 18.0 Å². The highest BCUT2D eigenvalue weighted by molar-refractivity contribution is 5.92. The summed E-state index contributed by atoms with van der Waals surface area (Å²) in [6.45, 7) is 2.55. The maximum absolute atomic E-state index is 12.5. The highest BCUT2D eigenvalue weighted by Crippen LogP contribution is 2.19. The van der Waals surface area contributed by atoms with Gasteiger partial charge in [0.15, 0.2) is 0 Å². The van der Waals surface area contributed by atoms with Crippen molar-refractivity contribution < 1.29 is 22.7 Å². The second kappa shape index (κ2) is 7.52. The molecular formula is C15H20F3N5O2. The number of alkyl halides is 3. The molecule has 2 saturated heterocycles. The molecule has 3 rings (SSSR count). The lowest BCUT2D eigenvalue weighted by atomic mass is 10.3. The van der Waals surface area contributed by atoms with Crippen molar-refractivity contribution in [2.75, 3.05) is 63.9 Å². The summed E-state index contributed by atoms with van der Waals surface area (Å²) in [5.74, 6) is 0.319. The summed E-state index contributed by atoms with van der Waals surface area (Å²) in [4.78, 5) is 25.8. The van der Waals surface area contributed by atoms with E-state index in [1.807, 2.05) is 4.90 Å². The second-order valence-corrected chi connectivity index (χ2v) is 6.05. The Labute approximate surface area is 143 Å². The topological polar surface area (TPSA) is 61.8 Å². The van der Waals surface area contributed by atoms with Crippen molar-refractivity contribution in [1.29, 1.82) is 0 Å². The molecule has 0 radical (unpaired) electrons. The third-order valence-corrected chi connectivity index (χ3v) is 4.24. The third kappa shape index (κ3) is 4.79. The average Bonchev–Trinajstić information content (AvgIpc) is 2.61. The van der Waals surface area contributed by atoms with Gasteiger partial charge in [-0.2, -0.15) is 13.2 Å². The van der Waals surface area contributed by atoms with Crippen molar-refractivity contribution in [3.05, 3.63) is 18.1 Å². The molecule has 1 aromatic heterocycles. The van der Waals surface area contributed by atoms with Crippen LogP contribution < -0.4 is 4.90 Å². The Balaban J connectivity index is 1.61. The molecule has 3 heterocycles. The number of aromatic nitrogens is 2. The van der Waals surface area contributed by atoms with Gasteiger partial charge >= 0.3 is 6.18 Å². The fraction of sp³-hybridized carbons (Fsp3) is 0.667. The molecule has 1 aromatic rings. The SMILES string of the molecule is O=C(c1cncc(N2CCN(CC(F)(F)F)CC2)n1)N1CCOCC1. The van der Waals surface area contributed by atoms with Crippen LogP contribution in [0.2, 0.25) is 0 Å². The van der Waals surface area contributed by atoms with E-state index in [1.54, 1.807) is 4.90 Å². The number of amides is 1. The summed E-state index contributed by atoms with van der Waals surface area (Å²) in [7, 11) is 0. The van der Waals surface area contributed by atoms with Crippen molar-refractivity contribution in [3.63, 3.8) is 0 Å². The van der Waals surface area contributed by atoms with Gasteiger partial charge in [0.2, 0.25) is 0 Å². The maximum atomic E-state index is 12.5. The molecule has 2 aliphatic heterocycles. The number of ether oxygens (including phenoxy) is 1. The number of nitrogens with zero attached hydrogens (tertiary/aromatic N) is 5. The van der Waals surface area contributed by atoms with Gasteiger partial charge in [-0.05, 0) is 0 Å². The molecule has 25 heavy (non-hydrogen) atoms. The molecule has 7 nitrogen and oxygen atoms in total. The number of hydrogen-bond acceptors (Lipinski definition) is 6. The van der Waals surface area contributed by atoms with Crippen LogP contribution in [-0.2, 0) is 4.74 Å². The summed E-state index contributed by atoms with van der Waals surface area (Å²) in [5.41, 5.74) is 0.247. The molecule has 0 aromatic carbocycles. The lowest BCUT2D eigenvalue weighted by molar-refractivity contribution is -0.146. The molecule has 0 unspecified atom stereocenters. The molecule has 2 fully saturated rings. The van der Waals surface area contributed by atoms with Crippen LogP contribution in [0.25, 0.3) is 0 Å². The molecule has 0 aliphatic carbocycles. The normalized spacial score (nSPS) is 20.0. The first kappa shape index (κ1) is 17.9. The van der Waals surface area contributed by atoms with E-state index in [0.717, 1.165) is 0 Å². The molecule has 0 N–H and O–H groups in total. The van der Waals surface area contributed by atoms with Crippen LogP contribution in [0.1, 0.15) is 10.5 Å². The van der Waals surface area contributed by atoms with E-state index < -0.39 is 12.7 Å². The predicted molar refractivity (Wildman–Crippen MR) is 83.5 cm³/mol. The summed E-state index contributed by atoms with van der Waals surface area (Å²) >= 11 is 0. The summed E-state index contributed by atoms with van der Waals surface area (Å²) in [6, 6.07) is 0. The predicted octanol–water partition coefficient (Wildman–Crippen LogP) is 0.633. The summed E-state index contributed by atoms with van der Waals surface area (Å²) in [5, 5.41) is 0. The van der Waals surface area contributed by atoms with Gasteiger partial charge in [0.05, 0.1) is 32.2 Å².